The van der Waals surface area contributed by atoms with E-state index >= 15 is 0 Å². The van der Waals surface area contributed by atoms with Gasteiger partial charge in [0.05, 0.1) is 11.4 Å². The van der Waals surface area contributed by atoms with Crippen molar-refractivity contribution in [3.8, 4) is 0 Å². The molecule has 30 heavy (non-hydrogen) atoms. The largest absolute Gasteiger partial charge is 0.370 e. The van der Waals surface area contributed by atoms with Gasteiger partial charge in [0.1, 0.15) is 0 Å². The fourth-order valence-corrected chi connectivity index (χ4v) is 4.82. The molecule has 11 heteroatoms. The van der Waals surface area contributed by atoms with E-state index in [9.17, 15) is 8.42 Å². The molecule has 0 spiro atoms. The molecule has 2 heterocycles. The lowest BCUT2D eigenvalue weighted by Crippen LogP contribution is -2.51. The lowest BCUT2D eigenvalue weighted by atomic mass is 10.2. The molecule has 0 radical (unpaired) electrons. The van der Waals surface area contributed by atoms with Gasteiger partial charge in [0.25, 0.3) is 0 Å². The van der Waals surface area contributed by atoms with Crippen LogP contribution in [0.2, 0.25) is 0 Å². The van der Waals surface area contributed by atoms with Gasteiger partial charge in [-0.3, -0.25) is 0 Å². The fourth-order valence-electron chi connectivity index (χ4n) is 2.90. The van der Waals surface area contributed by atoms with Crippen molar-refractivity contribution in [3.05, 3.63) is 41.4 Å². The first kappa shape index (κ1) is 24.8. The molecule has 1 saturated heterocycles. The lowest BCUT2D eigenvalue weighted by molar-refractivity contribution is 0.380. The molecule has 0 aliphatic carbocycles. The van der Waals surface area contributed by atoms with E-state index in [0.717, 1.165) is 36.9 Å². The summed E-state index contributed by atoms with van der Waals surface area (Å²) in [6.45, 7) is 8.08. The zero-order valence-corrected chi connectivity index (χ0v) is 21.2. The van der Waals surface area contributed by atoms with E-state index in [1.807, 2.05) is 25.4 Å². The molecule has 0 amide bonds. The summed E-state index contributed by atoms with van der Waals surface area (Å²) in [5.74, 6) is 0.767. The number of guanidine groups is 1. The van der Waals surface area contributed by atoms with Gasteiger partial charge in [0, 0.05) is 44.3 Å². The summed E-state index contributed by atoms with van der Waals surface area (Å²) >= 11 is 1.64. The summed E-state index contributed by atoms with van der Waals surface area (Å²) in [7, 11) is -3.47. The third kappa shape index (κ3) is 6.79. The van der Waals surface area contributed by atoms with Crippen molar-refractivity contribution >= 4 is 56.4 Å². The van der Waals surface area contributed by atoms with Gasteiger partial charge in [-0.15, -0.1) is 35.3 Å². The van der Waals surface area contributed by atoms with Gasteiger partial charge in [-0.2, -0.15) is 0 Å². The third-order valence-electron chi connectivity index (χ3n) is 4.63. The van der Waals surface area contributed by atoms with Crippen molar-refractivity contribution in [3.63, 3.8) is 0 Å². The Labute approximate surface area is 199 Å². The maximum Gasteiger partial charge on any atom is 0.240 e. The number of nitrogens with two attached hydrogens (primary N) is 1. The van der Waals surface area contributed by atoms with Crippen molar-refractivity contribution in [1.82, 2.24) is 14.6 Å². The summed E-state index contributed by atoms with van der Waals surface area (Å²) in [5, 5.41) is 3.02. The van der Waals surface area contributed by atoms with Crippen LogP contribution in [0.5, 0.6) is 0 Å². The average molecular weight is 565 g/mol. The number of thiazole rings is 1. The number of anilines is 1. The number of aliphatic imine (C=N–C) groups is 1. The minimum Gasteiger partial charge on any atom is -0.370 e. The maximum atomic E-state index is 12.3. The van der Waals surface area contributed by atoms with Crippen LogP contribution < -0.4 is 15.4 Å². The van der Waals surface area contributed by atoms with E-state index in [1.54, 1.807) is 35.6 Å². The Bertz CT molecular complexity index is 909. The number of hydrogen-bond donors (Lipinski definition) is 2. The second-order valence-corrected chi connectivity index (χ2v) is 9.99. The Kier molecular flexibility index (Phi) is 9.31. The van der Waals surface area contributed by atoms with Gasteiger partial charge in [-0.1, -0.05) is 26.0 Å². The van der Waals surface area contributed by atoms with Crippen molar-refractivity contribution in [2.75, 3.05) is 37.6 Å². The Hall–Kier alpha value is -1.44. The molecule has 2 aromatic rings. The number of sulfonamides is 1. The summed E-state index contributed by atoms with van der Waals surface area (Å²) < 4.78 is 27.1. The first-order valence-electron chi connectivity index (χ1n) is 9.63. The quantitative estimate of drug-likeness (QED) is 0.304. The molecule has 1 aliphatic heterocycles. The number of nitrogens with one attached hydrogen (secondary N) is 1. The zero-order chi connectivity index (χ0) is 20.9. The number of piperazine rings is 1. The van der Waals surface area contributed by atoms with Crippen molar-refractivity contribution < 1.29 is 8.42 Å². The average Bonchev–Trinajstić information content (AvgIpc) is 3.26. The first-order valence-corrected chi connectivity index (χ1v) is 12.0. The van der Waals surface area contributed by atoms with Crippen LogP contribution in [0.15, 0.2) is 45.7 Å². The molecule has 3 N–H and O–H groups in total. The standard InChI is InChI=1S/C19H28N6O2S2.HI/c1-15(2)13-23-29(26,27)17-5-3-16(4-6-17)14-22-18(20)24-8-10-25(11-9-24)19-21-7-12-28-19;/h3-7,12,15,23H,8-11,13-14H2,1-2H3,(H2,20,22);1H. The minimum atomic E-state index is -3.47. The normalized spacial score (nSPS) is 15.4. The van der Waals surface area contributed by atoms with E-state index < -0.39 is 10.0 Å². The molecule has 0 atom stereocenters. The molecule has 1 aliphatic rings. The highest BCUT2D eigenvalue weighted by Gasteiger charge is 2.20. The van der Waals surface area contributed by atoms with Crippen LogP contribution >= 0.6 is 35.3 Å². The zero-order valence-electron chi connectivity index (χ0n) is 17.2. The lowest BCUT2D eigenvalue weighted by Gasteiger charge is -2.35. The van der Waals surface area contributed by atoms with Gasteiger partial charge in [-0.25, -0.2) is 23.1 Å². The number of rotatable bonds is 7. The molecule has 0 saturated carbocycles. The number of nitrogens with zero attached hydrogens (tertiary/aromatic N) is 4. The molecule has 0 bridgehead atoms. The van der Waals surface area contributed by atoms with Crippen LogP contribution in [0.4, 0.5) is 5.13 Å². The molecular formula is C19H29IN6O2S2. The predicted octanol–water partition coefficient (Wildman–Crippen LogP) is 2.33. The summed E-state index contributed by atoms with van der Waals surface area (Å²) in [4.78, 5) is 13.4. The van der Waals surface area contributed by atoms with E-state index in [0.29, 0.717) is 19.0 Å². The Morgan fingerprint density at radius 3 is 2.47 bits per heavy atom. The van der Waals surface area contributed by atoms with Crippen LogP contribution in [-0.2, 0) is 16.6 Å². The third-order valence-corrected chi connectivity index (χ3v) is 6.90. The Morgan fingerprint density at radius 1 is 1.23 bits per heavy atom. The van der Waals surface area contributed by atoms with Gasteiger partial charge in [0.2, 0.25) is 10.0 Å². The molecule has 0 unspecified atom stereocenters. The van der Waals surface area contributed by atoms with Crippen molar-refractivity contribution in [2.45, 2.75) is 25.3 Å². The maximum absolute atomic E-state index is 12.3. The van der Waals surface area contributed by atoms with Crippen LogP contribution in [0.3, 0.4) is 0 Å². The van der Waals surface area contributed by atoms with Gasteiger partial charge in [0.15, 0.2) is 11.1 Å². The van der Waals surface area contributed by atoms with Gasteiger partial charge < -0.3 is 15.5 Å². The molecule has 1 aromatic heterocycles. The molecule has 166 valence electrons. The minimum absolute atomic E-state index is 0. The second kappa shape index (κ2) is 11.3. The molecule has 1 fully saturated rings. The summed E-state index contributed by atoms with van der Waals surface area (Å²) in [6.07, 6.45) is 1.82. The summed E-state index contributed by atoms with van der Waals surface area (Å²) in [5.41, 5.74) is 7.08. The van der Waals surface area contributed by atoms with Crippen molar-refractivity contribution in [2.24, 2.45) is 16.6 Å². The first-order chi connectivity index (χ1) is 13.8. The highest BCUT2D eigenvalue weighted by atomic mass is 127. The van der Waals surface area contributed by atoms with Crippen molar-refractivity contribution in [1.29, 1.82) is 0 Å². The molecular weight excluding hydrogens is 535 g/mol. The second-order valence-electron chi connectivity index (χ2n) is 7.35. The fraction of sp³-hybridized carbons (Fsp3) is 0.474. The van der Waals surface area contributed by atoms with Crippen LogP contribution in [-0.4, -0.2) is 57.0 Å². The number of aromatic nitrogens is 1. The highest BCUT2D eigenvalue weighted by Crippen LogP contribution is 2.19. The van der Waals surface area contributed by atoms with E-state index in [-0.39, 0.29) is 34.8 Å². The number of hydrogen-bond acceptors (Lipinski definition) is 6. The predicted molar refractivity (Wildman–Crippen MR) is 133 cm³/mol. The molecule has 3 rings (SSSR count). The highest BCUT2D eigenvalue weighted by molar-refractivity contribution is 14.0. The van der Waals surface area contributed by atoms with Gasteiger partial charge in [-0.05, 0) is 23.6 Å². The molecule has 1 aromatic carbocycles. The SMILES string of the molecule is CC(C)CNS(=O)(=O)c1ccc(CN=C(N)N2CCN(c3nccs3)CC2)cc1.I. The smallest absolute Gasteiger partial charge is 0.240 e. The summed E-state index contributed by atoms with van der Waals surface area (Å²) in [6, 6.07) is 6.77. The number of halogens is 1. The number of benzene rings is 1. The van der Waals surface area contributed by atoms with E-state index in [1.165, 1.54) is 0 Å². The van der Waals surface area contributed by atoms with Crippen LogP contribution in [0.1, 0.15) is 19.4 Å². The van der Waals surface area contributed by atoms with E-state index in [4.69, 9.17) is 5.73 Å². The van der Waals surface area contributed by atoms with E-state index in [2.05, 4.69) is 24.5 Å². The van der Waals surface area contributed by atoms with Gasteiger partial charge >= 0.3 is 0 Å². The Balaban J connectivity index is 0.00000320. The monoisotopic (exact) mass is 564 g/mol. The molecule has 8 nitrogen and oxygen atoms in total. The topological polar surface area (TPSA) is 104 Å². The van der Waals surface area contributed by atoms with Crippen LogP contribution in [0.25, 0.3) is 0 Å². The Morgan fingerprint density at radius 2 is 1.90 bits per heavy atom. The van der Waals surface area contributed by atoms with Crippen LogP contribution in [0, 0.1) is 5.92 Å².